The topological polar surface area (TPSA) is 77.8 Å². The van der Waals surface area contributed by atoms with Crippen LogP contribution in [0.1, 0.15) is 70.2 Å². The number of rotatable bonds is 8. The lowest BCUT2D eigenvalue weighted by Crippen LogP contribution is -2.18. The summed E-state index contributed by atoms with van der Waals surface area (Å²) in [6.45, 7) is 3.91. The molecule has 1 atom stereocenters. The van der Waals surface area contributed by atoms with Crippen LogP contribution in [-0.4, -0.2) is 18.0 Å². The molecule has 180 valence electrons. The van der Waals surface area contributed by atoms with E-state index in [2.05, 4.69) is 5.32 Å². The number of aryl methyl sites for hydroxylation is 1. The fraction of sp³-hybridized carbons (Fsp3) is 0.360. The van der Waals surface area contributed by atoms with E-state index in [0.717, 1.165) is 42.5 Å². The lowest BCUT2D eigenvalue weighted by atomic mass is 9.95. The summed E-state index contributed by atoms with van der Waals surface area (Å²) in [6.07, 6.45) is 4.31. The molecule has 1 unspecified atom stereocenters. The summed E-state index contributed by atoms with van der Waals surface area (Å²) in [5.74, 6) is 0.206. The Morgan fingerprint density at radius 1 is 1.18 bits per heavy atom. The second-order valence-electron chi connectivity index (χ2n) is 8.12. The molecule has 1 aromatic carbocycles. The van der Waals surface area contributed by atoms with Crippen molar-refractivity contribution < 1.29 is 23.5 Å². The van der Waals surface area contributed by atoms with Gasteiger partial charge in [0, 0.05) is 9.90 Å². The Hall–Kier alpha value is -2.48. The predicted octanol–water partition coefficient (Wildman–Crippen LogP) is 7.31. The molecule has 0 bridgehead atoms. The van der Waals surface area contributed by atoms with Gasteiger partial charge in [0.1, 0.15) is 23.1 Å². The van der Waals surface area contributed by atoms with E-state index in [1.54, 1.807) is 30.3 Å². The van der Waals surface area contributed by atoms with Gasteiger partial charge in [0.15, 0.2) is 5.76 Å². The van der Waals surface area contributed by atoms with Crippen molar-refractivity contribution in [1.82, 2.24) is 0 Å². The second-order valence-corrected chi connectivity index (χ2v) is 10.1. The molecular weight excluding hydrogens is 497 g/mol. The molecule has 2 heterocycles. The summed E-state index contributed by atoms with van der Waals surface area (Å²) in [5.41, 5.74) is 1.47. The molecule has 0 saturated carbocycles. The number of hydrogen-bond acceptors (Lipinski definition) is 6. The zero-order chi connectivity index (χ0) is 24.2. The van der Waals surface area contributed by atoms with Gasteiger partial charge < -0.3 is 19.2 Å². The molecule has 6 nitrogen and oxygen atoms in total. The van der Waals surface area contributed by atoms with Crippen LogP contribution in [0.4, 0.5) is 5.00 Å². The van der Waals surface area contributed by atoms with Crippen molar-refractivity contribution in [3.8, 4) is 5.75 Å². The molecule has 0 fully saturated rings. The highest BCUT2D eigenvalue weighted by Crippen LogP contribution is 2.39. The molecule has 2 aromatic heterocycles. The number of ether oxygens (including phenoxy) is 2. The monoisotopic (exact) mass is 521 g/mol. The molecule has 4 rings (SSSR count). The van der Waals surface area contributed by atoms with Gasteiger partial charge >= 0.3 is 5.97 Å². The Bertz CT molecular complexity index is 1200. The zero-order valence-corrected chi connectivity index (χ0v) is 21.2. The van der Waals surface area contributed by atoms with Crippen molar-refractivity contribution in [3.63, 3.8) is 0 Å². The maximum atomic E-state index is 12.9. The second kappa shape index (κ2) is 10.8. The van der Waals surface area contributed by atoms with Crippen molar-refractivity contribution >= 4 is 51.4 Å². The number of anilines is 1. The van der Waals surface area contributed by atoms with E-state index in [1.165, 1.54) is 11.3 Å². The van der Waals surface area contributed by atoms with Gasteiger partial charge in [-0.2, -0.15) is 0 Å². The quantitative estimate of drug-likeness (QED) is 0.314. The van der Waals surface area contributed by atoms with E-state index >= 15 is 0 Å². The minimum atomic E-state index is -0.438. The van der Waals surface area contributed by atoms with Crippen LogP contribution in [-0.2, 0) is 24.2 Å². The van der Waals surface area contributed by atoms with Crippen molar-refractivity contribution in [2.24, 2.45) is 0 Å². The lowest BCUT2D eigenvalue weighted by molar-refractivity contribution is 0.0335. The van der Waals surface area contributed by atoms with Gasteiger partial charge in [0.2, 0.25) is 0 Å². The van der Waals surface area contributed by atoms with E-state index < -0.39 is 11.9 Å². The number of carbonyl (C=O) groups excluding carboxylic acids is 2. The third kappa shape index (κ3) is 5.59. The smallest absolute Gasteiger partial charge is 0.341 e. The number of furan rings is 1. The molecule has 0 aliphatic heterocycles. The van der Waals surface area contributed by atoms with Crippen molar-refractivity contribution in [3.05, 3.63) is 67.9 Å². The summed E-state index contributed by atoms with van der Waals surface area (Å²) in [5, 5.41) is 4.27. The fourth-order valence-electron chi connectivity index (χ4n) is 3.68. The normalized spacial score (nSPS) is 13.8. The van der Waals surface area contributed by atoms with Crippen LogP contribution in [0.3, 0.4) is 0 Å². The van der Waals surface area contributed by atoms with Crippen molar-refractivity contribution in [1.29, 1.82) is 0 Å². The van der Waals surface area contributed by atoms with Gasteiger partial charge in [-0.3, -0.25) is 4.79 Å². The zero-order valence-electron chi connectivity index (χ0n) is 18.9. The van der Waals surface area contributed by atoms with Crippen LogP contribution in [0, 0.1) is 0 Å². The Labute approximate surface area is 212 Å². The SMILES string of the molecule is CCC(C)OC(=O)c1c(NC(=O)c2ccc(COc3ccc(Cl)cc3Cl)o2)sc2c1CCCC2. The van der Waals surface area contributed by atoms with E-state index in [0.29, 0.717) is 32.1 Å². The molecule has 0 saturated heterocycles. The lowest BCUT2D eigenvalue weighted by Gasteiger charge is -2.15. The highest BCUT2D eigenvalue weighted by molar-refractivity contribution is 7.17. The number of nitrogens with one attached hydrogen (secondary N) is 1. The molecule has 1 aliphatic rings. The molecule has 1 N–H and O–H groups in total. The third-order valence-corrected chi connectivity index (χ3v) is 7.37. The van der Waals surface area contributed by atoms with Gasteiger partial charge in [-0.15, -0.1) is 11.3 Å². The number of fused-ring (bicyclic) bond motifs is 1. The average molecular weight is 522 g/mol. The summed E-state index contributed by atoms with van der Waals surface area (Å²) in [4.78, 5) is 27.0. The standard InChI is InChI=1S/C25H25Cl2NO5S/c1-3-14(2)32-25(30)22-17-6-4-5-7-21(17)34-24(22)28-23(29)20-11-9-16(33-20)13-31-19-10-8-15(26)12-18(19)27/h8-12,14H,3-7,13H2,1-2H3,(H,28,29). The number of amides is 1. The summed E-state index contributed by atoms with van der Waals surface area (Å²) in [7, 11) is 0. The predicted molar refractivity (Wildman–Crippen MR) is 134 cm³/mol. The van der Waals surface area contributed by atoms with Crippen molar-refractivity contribution in [2.45, 2.75) is 58.7 Å². The third-order valence-electron chi connectivity index (χ3n) is 5.63. The minimum Gasteiger partial charge on any atom is -0.484 e. The van der Waals surface area contributed by atoms with Crippen LogP contribution in [0.5, 0.6) is 5.75 Å². The van der Waals surface area contributed by atoms with Gasteiger partial charge in [-0.1, -0.05) is 30.1 Å². The van der Waals surface area contributed by atoms with Crippen LogP contribution in [0.15, 0.2) is 34.7 Å². The maximum absolute atomic E-state index is 12.9. The van der Waals surface area contributed by atoms with Gasteiger partial charge in [0.05, 0.1) is 16.7 Å². The van der Waals surface area contributed by atoms with Gasteiger partial charge in [0.25, 0.3) is 5.91 Å². The van der Waals surface area contributed by atoms with E-state index in [-0.39, 0.29) is 18.5 Å². The molecule has 1 amide bonds. The Morgan fingerprint density at radius 2 is 1.97 bits per heavy atom. The van der Waals surface area contributed by atoms with Gasteiger partial charge in [-0.25, -0.2) is 4.79 Å². The first-order valence-corrected chi connectivity index (χ1v) is 12.8. The van der Waals surface area contributed by atoms with Crippen LogP contribution >= 0.6 is 34.5 Å². The Kier molecular flexibility index (Phi) is 7.86. The molecule has 0 radical (unpaired) electrons. The molecule has 34 heavy (non-hydrogen) atoms. The van der Waals surface area contributed by atoms with Crippen molar-refractivity contribution in [2.75, 3.05) is 5.32 Å². The number of carbonyl (C=O) groups is 2. The van der Waals surface area contributed by atoms with Crippen LogP contribution in [0.25, 0.3) is 0 Å². The van der Waals surface area contributed by atoms with E-state index in [9.17, 15) is 9.59 Å². The number of halogens is 2. The fourth-order valence-corrected chi connectivity index (χ4v) is 5.41. The number of hydrogen-bond donors (Lipinski definition) is 1. The number of thiophene rings is 1. The first-order valence-electron chi connectivity index (χ1n) is 11.2. The molecule has 9 heteroatoms. The first kappa shape index (κ1) is 24.6. The summed E-state index contributed by atoms with van der Waals surface area (Å²) >= 11 is 13.5. The summed E-state index contributed by atoms with van der Waals surface area (Å²) < 4.78 is 16.9. The molecule has 3 aromatic rings. The number of benzene rings is 1. The molecule has 0 spiro atoms. The first-order chi connectivity index (χ1) is 16.4. The highest BCUT2D eigenvalue weighted by Gasteiger charge is 2.28. The summed E-state index contributed by atoms with van der Waals surface area (Å²) in [6, 6.07) is 8.16. The van der Waals surface area contributed by atoms with Crippen LogP contribution < -0.4 is 10.1 Å². The van der Waals surface area contributed by atoms with Crippen LogP contribution in [0.2, 0.25) is 10.0 Å². The number of esters is 1. The maximum Gasteiger partial charge on any atom is 0.341 e. The Morgan fingerprint density at radius 3 is 2.74 bits per heavy atom. The average Bonchev–Trinajstić information content (AvgIpc) is 3.42. The Balaban J connectivity index is 1.48. The van der Waals surface area contributed by atoms with E-state index in [4.69, 9.17) is 37.1 Å². The van der Waals surface area contributed by atoms with Gasteiger partial charge in [-0.05, 0) is 74.9 Å². The highest BCUT2D eigenvalue weighted by atomic mass is 35.5. The molecule has 1 aliphatic carbocycles. The minimum absolute atomic E-state index is 0.0917. The largest absolute Gasteiger partial charge is 0.484 e. The van der Waals surface area contributed by atoms with E-state index in [1.807, 2.05) is 13.8 Å². The molecular formula is C25H25Cl2NO5S.